The minimum absolute atomic E-state index is 0.158. The van der Waals surface area contributed by atoms with E-state index in [0.29, 0.717) is 28.1 Å². The van der Waals surface area contributed by atoms with Crippen LogP contribution in [0.15, 0.2) is 47.6 Å². The number of rotatable bonds is 5. The van der Waals surface area contributed by atoms with Crippen LogP contribution in [0.4, 0.5) is 5.69 Å². The van der Waals surface area contributed by atoms with Crippen molar-refractivity contribution in [1.82, 2.24) is 20.2 Å². The van der Waals surface area contributed by atoms with Gasteiger partial charge in [0.2, 0.25) is 23.2 Å². The lowest BCUT2D eigenvalue weighted by molar-refractivity contribution is -0.118. The van der Waals surface area contributed by atoms with E-state index < -0.39 is 6.23 Å². The van der Waals surface area contributed by atoms with Gasteiger partial charge in [-0.3, -0.25) is 14.7 Å². The summed E-state index contributed by atoms with van der Waals surface area (Å²) in [6, 6.07) is 13.2. The quantitative estimate of drug-likeness (QED) is 0.441. The van der Waals surface area contributed by atoms with E-state index >= 15 is 0 Å². The fourth-order valence-electron chi connectivity index (χ4n) is 3.32. The van der Waals surface area contributed by atoms with Gasteiger partial charge in [0, 0.05) is 23.9 Å². The number of amides is 1. The number of carbonyl (C=O) groups is 1. The van der Waals surface area contributed by atoms with Crippen LogP contribution in [0.25, 0.3) is 11.3 Å². The Kier molecular flexibility index (Phi) is 5.94. The third kappa shape index (κ3) is 4.00. The third-order valence-corrected chi connectivity index (χ3v) is 5.67. The zero-order valence-corrected chi connectivity index (χ0v) is 18.0. The molecule has 1 aliphatic rings. The van der Waals surface area contributed by atoms with Crippen molar-refractivity contribution >= 4 is 23.4 Å². The van der Waals surface area contributed by atoms with E-state index in [4.69, 9.17) is 4.74 Å². The molecule has 0 saturated carbocycles. The summed E-state index contributed by atoms with van der Waals surface area (Å²) >= 11 is 1.55. The van der Waals surface area contributed by atoms with Crippen molar-refractivity contribution in [3.8, 4) is 17.1 Å². The van der Waals surface area contributed by atoms with Crippen LogP contribution in [0.3, 0.4) is 0 Å². The molecule has 30 heavy (non-hydrogen) atoms. The van der Waals surface area contributed by atoms with Crippen LogP contribution in [0.2, 0.25) is 0 Å². The van der Waals surface area contributed by atoms with Crippen LogP contribution in [-0.2, 0) is 4.79 Å². The zero-order valence-electron chi connectivity index (χ0n) is 17.2. The first-order valence-corrected chi connectivity index (χ1v) is 10.9. The molecule has 0 fully saturated rings. The number of benzene rings is 1. The summed E-state index contributed by atoms with van der Waals surface area (Å²) in [7, 11) is 0. The van der Waals surface area contributed by atoms with Gasteiger partial charge in [-0.05, 0) is 31.5 Å². The molecule has 1 amide bonds. The average molecular weight is 422 g/mol. The number of thioether (sulfide) groups is 1. The van der Waals surface area contributed by atoms with E-state index in [1.54, 1.807) is 16.7 Å². The Labute approximate surface area is 179 Å². The van der Waals surface area contributed by atoms with Crippen LogP contribution in [0.5, 0.6) is 5.88 Å². The first-order chi connectivity index (χ1) is 14.6. The number of pyridine rings is 1. The lowest BCUT2D eigenvalue weighted by Gasteiger charge is -2.29. The van der Waals surface area contributed by atoms with E-state index in [1.165, 1.54) is 6.92 Å². The molecule has 8 heteroatoms. The van der Waals surface area contributed by atoms with E-state index in [9.17, 15) is 4.79 Å². The first kappa shape index (κ1) is 20.3. The van der Waals surface area contributed by atoms with Crippen LogP contribution in [-0.4, -0.2) is 31.8 Å². The molecule has 154 valence electrons. The number of hydrogen-bond donors (Lipinski definition) is 0. The van der Waals surface area contributed by atoms with Crippen molar-refractivity contribution in [2.45, 2.75) is 45.0 Å². The molecule has 0 bridgehead atoms. The summed E-state index contributed by atoms with van der Waals surface area (Å²) in [6.07, 6.45) is 1.42. The van der Waals surface area contributed by atoms with Gasteiger partial charge >= 0.3 is 0 Å². The molecule has 4 rings (SSSR count). The summed E-state index contributed by atoms with van der Waals surface area (Å²) in [5.41, 5.74) is 3.44. The third-order valence-electron chi connectivity index (χ3n) is 4.74. The molecule has 0 spiro atoms. The molecule has 1 aliphatic heterocycles. The molecule has 1 atom stereocenters. The number of aromatic nitrogens is 4. The molecule has 0 saturated heterocycles. The number of carbonyl (C=O) groups excluding carboxylic acids is 1. The Hall–Kier alpha value is -3.00. The second-order valence-corrected chi connectivity index (χ2v) is 8.09. The van der Waals surface area contributed by atoms with Crippen LogP contribution in [0, 0.1) is 6.92 Å². The van der Waals surface area contributed by atoms with E-state index in [1.807, 2.05) is 49.4 Å². The van der Waals surface area contributed by atoms with Crippen LogP contribution < -0.4 is 9.64 Å². The minimum Gasteiger partial charge on any atom is -0.445 e. The second kappa shape index (κ2) is 8.79. The van der Waals surface area contributed by atoms with Gasteiger partial charge in [-0.1, -0.05) is 49.4 Å². The highest BCUT2D eigenvalue weighted by Crippen LogP contribution is 2.43. The maximum atomic E-state index is 12.7. The van der Waals surface area contributed by atoms with E-state index in [-0.39, 0.29) is 5.91 Å². The monoisotopic (exact) mass is 421 g/mol. The molecule has 2 aromatic heterocycles. The van der Waals surface area contributed by atoms with Gasteiger partial charge in [-0.15, -0.1) is 10.2 Å². The predicted octanol–water partition coefficient (Wildman–Crippen LogP) is 4.58. The number of ether oxygens (including phenoxy) is 1. The summed E-state index contributed by atoms with van der Waals surface area (Å²) in [4.78, 5) is 23.6. The number of para-hydroxylation sites is 1. The molecule has 0 N–H and O–H groups in total. The van der Waals surface area contributed by atoms with Crippen LogP contribution >= 0.6 is 11.8 Å². The van der Waals surface area contributed by atoms with Crippen LogP contribution in [0.1, 0.15) is 44.3 Å². The van der Waals surface area contributed by atoms with Crippen molar-refractivity contribution < 1.29 is 9.53 Å². The van der Waals surface area contributed by atoms with Crippen molar-refractivity contribution in [1.29, 1.82) is 0 Å². The maximum absolute atomic E-state index is 12.7. The highest BCUT2D eigenvalue weighted by Gasteiger charge is 2.35. The molecule has 3 aromatic rings. The summed E-state index contributed by atoms with van der Waals surface area (Å²) in [5, 5.41) is 9.27. The van der Waals surface area contributed by atoms with Crippen molar-refractivity contribution in [3.05, 3.63) is 53.9 Å². The molecule has 7 nitrogen and oxygen atoms in total. The van der Waals surface area contributed by atoms with Gasteiger partial charge in [0.05, 0.1) is 5.69 Å². The van der Waals surface area contributed by atoms with Crippen molar-refractivity contribution in [2.75, 3.05) is 10.7 Å². The standard InChI is InChI=1S/C22H23N5O2S/c1-4-5-13-30-22-24-20-19(25-26-22)16-10-6-7-12-18(16)27(15(3)28)21(29-20)17-11-8-9-14(2)23-17/h6-12,21H,4-5,13H2,1-3H3/t21-/m1/s1. The Morgan fingerprint density at radius 1 is 1.13 bits per heavy atom. The minimum atomic E-state index is -0.755. The van der Waals surface area contributed by atoms with Gasteiger partial charge in [0.15, 0.2) is 5.69 Å². The van der Waals surface area contributed by atoms with Crippen molar-refractivity contribution in [3.63, 3.8) is 0 Å². The Balaban J connectivity index is 1.86. The molecule has 0 radical (unpaired) electrons. The smallest absolute Gasteiger partial charge is 0.247 e. The largest absolute Gasteiger partial charge is 0.445 e. The number of hydrogen-bond acceptors (Lipinski definition) is 7. The van der Waals surface area contributed by atoms with Gasteiger partial charge in [-0.25, -0.2) is 0 Å². The zero-order chi connectivity index (χ0) is 21.1. The molecule has 0 aliphatic carbocycles. The van der Waals surface area contributed by atoms with Gasteiger partial charge in [-0.2, -0.15) is 4.98 Å². The highest BCUT2D eigenvalue weighted by molar-refractivity contribution is 7.99. The number of aryl methyl sites for hydroxylation is 1. The molecule has 1 aromatic carbocycles. The van der Waals surface area contributed by atoms with Gasteiger partial charge in [0.25, 0.3) is 0 Å². The van der Waals surface area contributed by atoms with Gasteiger partial charge < -0.3 is 4.74 Å². The molecular weight excluding hydrogens is 398 g/mol. The number of anilines is 1. The van der Waals surface area contributed by atoms with E-state index in [0.717, 1.165) is 29.9 Å². The summed E-state index contributed by atoms with van der Waals surface area (Å²) in [6.45, 7) is 5.57. The normalized spacial score (nSPS) is 15.0. The predicted molar refractivity (Wildman–Crippen MR) is 116 cm³/mol. The fraction of sp³-hybridized carbons (Fsp3) is 0.318. The number of nitrogens with zero attached hydrogens (tertiary/aromatic N) is 5. The Morgan fingerprint density at radius 3 is 2.73 bits per heavy atom. The Morgan fingerprint density at radius 2 is 1.97 bits per heavy atom. The molecule has 0 unspecified atom stereocenters. The topological polar surface area (TPSA) is 81.1 Å². The number of fused-ring (bicyclic) bond motifs is 3. The van der Waals surface area contributed by atoms with E-state index in [2.05, 4.69) is 27.1 Å². The summed E-state index contributed by atoms with van der Waals surface area (Å²) in [5.74, 6) is 1.11. The lowest BCUT2D eigenvalue weighted by atomic mass is 10.1. The summed E-state index contributed by atoms with van der Waals surface area (Å²) < 4.78 is 6.32. The lowest BCUT2D eigenvalue weighted by Crippen LogP contribution is -2.36. The molecular formula is C22H23N5O2S. The fourth-order valence-corrected chi connectivity index (χ4v) is 4.18. The average Bonchev–Trinajstić information content (AvgIpc) is 2.88. The second-order valence-electron chi connectivity index (χ2n) is 7.03. The van der Waals surface area contributed by atoms with Crippen molar-refractivity contribution in [2.24, 2.45) is 0 Å². The Bertz CT molecular complexity index is 1070. The highest BCUT2D eigenvalue weighted by atomic mass is 32.2. The molecule has 3 heterocycles. The number of unbranched alkanes of at least 4 members (excludes halogenated alkanes) is 1. The van der Waals surface area contributed by atoms with Gasteiger partial charge in [0.1, 0.15) is 5.69 Å². The SMILES string of the molecule is CCCCSc1nnc2c(n1)O[C@H](c1cccc(C)n1)N(C(C)=O)c1ccccc1-2. The maximum Gasteiger partial charge on any atom is 0.247 e. The first-order valence-electron chi connectivity index (χ1n) is 9.95.